The molecule has 3 N–H and O–H groups in total. The number of anilines is 3. The Kier molecular flexibility index (Phi) is 6.84. The van der Waals surface area contributed by atoms with Crippen LogP contribution in [0.2, 0.25) is 0 Å². The number of nitrogens with two attached hydrogens (primary N) is 1. The molecule has 0 unspecified atom stereocenters. The molecule has 5 rings (SSSR count). The monoisotopic (exact) mass is 496 g/mol. The molecule has 3 aromatic rings. The molecule has 2 aliphatic heterocycles. The molecule has 0 aliphatic carbocycles. The lowest BCUT2D eigenvalue weighted by Crippen LogP contribution is -2.46. The molecule has 2 fully saturated rings. The third-order valence-electron chi connectivity index (χ3n) is 6.71. The summed E-state index contributed by atoms with van der Waals surface area (Å²) in [5.41, 5.74) is 8.45. The number of rotatable bonds is 6. The number of aliphatic hydroxyl groups excluding tert-OH is 1. The highest BCUT2D eigenvalue weighted by Crippen LogP contribution is 2.23. The normalized spacial score (nSPS) is 19.1. The quantitative estimate of drug-likeness (QED) is 0.536. The van der Waals surface area contributed by atoms with Crippen molar-refractivity contribution < 1.29 is 13.9 Å². The number of aliphatic hydroxyl groups is 1. The van der Waals surface area contributed by atoms with E-state index >= 15 is 0 Å². The van der Waals surface area contributed by atoms with E-state index in [1.807, 2.05) is 28.9 Å². The van der Waals surface area contributed by atoms with Crippen LogP contribution in [0.15, 0.2) is 36.5 Å². The van der Waals surface area contributed by atoms with Crippen LogP contribution in [-0.4, -0.2) is 81.7 Å². The van der Waals surface area contributed by atoms with Gasteiger partial charge < -0.3 is 20.6 Å². The van der Waals surface area contributed by atoms with Gasteiger partial charge in [0.1, 0.15) is 17.5 Å². The molecular weight excluding hydrogens is 466 g/mol. The van der Waals surface area contributed by atoms with E-state index < -0.39 is 11.6 Å². The number of hydrogen-bond acceptors (Lipinski definition) is 8. The van der Waals surface area contributed by atoms with E-state index in [4.69, 9.17) is 5.73 Å². The van der Waals surface area contributed by atoms with Gasteiger partial charge in [0.15, 0.2) is 5.82 Å². The van der Waals surface area contributed by atoms with Crippen molar-refractivity contribution in [3.63, 3.8) is 0 Å². The van der Waals surface area contributed by atoms with Gasteiger partial charge in [0.2, 0.25) is 5.95 Å². The molecule has 0 bridgehead atoms. The van der Waals surface area contributed by atoms with E-state index in [2.05, 4.69) is 26.0 Å². The summed E-state index contributed by atoms with van der Waals surface area (Å²) >= 11 is 0. The summed E-state index contributed by atoms with van der Waals surface area (Å²) in [5, 5.41) is 14.4. The van der Waals surface area contributed by atoms with Gasteiger partial charge in [0, 0.05) is 69.2 Å². The number of nitrogen functional groups attached to an aromatic ring is 1. The van der Waals surface area contributed by atoms with E-state index in [9.17, 15) is 13.9 Å². The average molecular weight is 497 g/mol. The molecule has 2 aliphatic rings. The molecule has 11 heteroatoms. The zero-order chi connectivity index (χ0) is 25.2. The average Bonchev–Trinajstić information content (AvgIpc) is 3.44. The van der Waals surface area contributed by atoms with Gasteiger partial charge in [-0.25, -0.2) is 13.5 Å². The molecule has 190 valence electrons. The Balaban J connectivity index is 1.21. The summed E-state index contributed by atoms with van der Waals surface area (Å²) in [6.07, 6.45) is 6.26. The van der Waals surface area contributed by atoms with Crippen molar-refractivity contribution in [2.24, 2.45) is 0 Å². The molecule has 1 atom stereocenters. The third-order valence-corrected chi connectivity index (χ3v) is 6.71. The van der Waals surface area contributed by atoms with Crippen LogP contribution in [0.4, 0.5) is 26.2 Å². The van der Waals surface area contributed by atoms with Crippen molar-refractivity contribution in [1.82, 2.24) is 24.6 Å². The number of piperazine rings is 1. The summed E-state index contributed by atoms with van der Waals surface area (Å²) in [5.74, 6) is 0.321. The highest BCUT2D eigenvalue weighted by Gasteiger charge is 2.23. The topological polar surface area (TPSA) is 99.6 Å². The van der Waals surface area contributed by atoms with Gasteiger partial charge in [0.25, 0.3) is 0 Å². The number of halogens is 2. The van der Waals surface area contributed by atoms with Crippen molar-refractivity contribution in [1.29, 1.82) is 0 Å². The maximum Gasteiger partial charge on any atom is 0.224 e. The van der Waals surface area contributed by atoms with Crippen molar-refractivity contribution >= 4 is 23.5 Å². The molecule has 0 amide bonds. The van der Waals surface area contributed by atoms with Crippen LogP contribution in [0.1, 0.15) is 17.7 Å². The van der Waals surface area contributed by atoms with Gasteiger partial charge in [0.05, 0.1) is 18.0 Å². The summed E-state index contributed by atoms with van der Waals surface area (Å²) in [7, 11) is 0. The van der Waals surface area contributed by atoms with E-state index in [1.54, 1.807) is 10.9 Å². The van der Waals surface area contributed by atoms with Gasteiger partial charge in [-0.3, -0.25) is 4.90 Å². The third kappa shape index (κ3) is 5.31. The van der Waals surface area contributed by atoms with Crippen LogP contribution in [0.5, 0.6) is 0 Å². The van der Waals surface area contributed by atoms with Gasteiger partial charge >= 0.3 is 0 Å². The molecule has 4 heterocycles. The molecule has 2 saturated heterocycles. The predicted octanol–water partition coefficient (Wildman–Crippen LogP) is 2.24. The number of hydrogen-bond donors (Lipinski definition) is 2. The first-order valence-electron chi connectivity index (χ1n) is 12.1. The smallest absolute Gasteiger partial charge is 0.224 e. The van der Waals surface area contributed by atoms with Crippen LogP contribution in [0.3, 0.4) is 0 Å². The number of β-amino-alcohol motifs (C(OH)–C–C–N with tert-alkyl or cyclic N) is 1. The van der Waals surface area contributed by atoms with Crippen LogP contribution >= 0.6 is 0 Å². The summed E-state index contributed by atoms with van der Waals surface area (Å²) < 4.78 is 28.8. The van der Waals surface area contributed by atoms with Gasteiger partial charge in [-0.2, -0.15) is 15.1 Å². The number of nitrogens with zero attached hydrogens (tertiary/aromatic N) is 7. The van der Waals surface area contributed by atoms with Crippen LogP contribution in [0, 0.1) is 18.6 Å². The maximum absolute atomic E-state index is 13.5. The lowest BCUT2D eigenvalue weighted by molar-refractivity contribution is 0.198. The van der Waals surface area contributed by atoms with Crippen molar-refractivity contribution in [2.75, 3.05) is 61.3 Å². The van der Waals surface area contributed by atoms with Crippen molar-refractivity contribution in [3.05, 3.63) is 59.4 Å². The lowest BCUT2D eigenvalue weighted by atomic mass is 10.2. The van der Waals surface area contributed by atoms with E-state index in [0.29, 0.717) is 43.4 Å². The zero-order valence-electron chi connectivity index (χ0n) is 20.2. The molecule has 1 aromatic carbocycles. The molecule has 2 aromatic heterocycles. The van der Waals surface area contributed by atoms with E-state index in [1.165, 1.54) is 12.1 Å². The van der Waals surface area contributed by atoms with Crippen LogP contribution in [-0.2, 0) is 0 Å². The first kappa shape index (κ1) is 24.1. The molecule has 0 saturated carbocycles. The minimum atomic E-state index is -0.554. The first-order chi connectivity index (χ1) is 17.4. The Bertz CT molecular complexity index is 1230. The lowest BCUT2D eigenvalue weighted by Gasteiger charge is -2.35. The maximum atomic E-state index is 13.5. The van der Waals surface area contributed by atoms with Crippen molar-refractivity contribution in [3.8, 4) is 5.82 Å². The van der Waals surface area contributed by atoms with E-state index in [-0.39, 0.29) is 12.1 Å². The van der Waals surface area contributed by atoms with E-state index in [0.717, 1.165) is 43.5 Å². The predicted molar refractivity (Wildman–Crippen MR) is 135 cm³/mol. The SMILES string of the molecule is Cc1c(C=CCN2CCN(c3cc(F)cc(F)c3)CC2)cnn1-c1cc(N2CC[C@H](O)C2)nc(N)n1. The number of aromatic nitrogens is 4. The highest BCUT2D eigenvalue weighted by atomic mass is 19.1. The Morgan fingerprint density at radius 1 is 1.00 bits per heavy atom. The van der Waals surface area contributed by atoms with Gasteiger partial charge in [-0.05, 0) is 25.5 Å². The molecule has 0 spiro atoms. The van der Waals surface area contributed by atoms with Gasteiger partial charge in [-0.1, -0.05) is 12.2 Å². The Labute approximate surface area is 208 Å². The second-order valence-electron chi connectivity index (χ2n) is 9.25. The van der Waals surface area contributed by atoms with Crippen molar-refractivity contribution in [2.45, 2.75) is 19.4 Å². The Morgan fingerprint density at radius 3 is 2.42 bits per heavy atom. The van der Waals surface area contributed by atoms with Crippen LogP contribution < -0.4 is 15.5 Å². The first-order valence-corrected chi connectivity index (χ1v) is 12.1. The number of benzene rings is 1. The molecule has 36 heavy (non-hydrogen) atoms. The highest BCUT2D eigenvalue weighted by molar-refractivity contribution is 5.54. The van der Waals surface area contributed by atoms with Gasteiger partial charge in [-0.15, -0.1) is 0 Å². The molecule has 0 radical (unpaired) electrons. The minimum Gasteiger partial charge on any atom is -0.391 e. The second kappa shape index (κ2) is 10.2. The zero-order valence-corrected chi connectivity index (χ0v) is 20.2. The fourth-order valence-corrected chi connectivity index (χ4v) is 4.72. The Morgan fingerprint density at radius 2 is 1.72 bits per heavy atom. The summed E-state index contributed by atoms with van der Waals surface area (Å²) in [4.78, 5) is 15.0. The summed E-state index contributed by atoms with van der Waals surface area (Å²) in [6.45, 7) is 6.99. The Hall–Kier alpha value is -3.57. The molecule has 9 nitrogen and oxygen atoms in total. The molecular formula is C25H30F2N8O. The van der Waals surface area contributed by atoms with Crippen LogP contribution in [0.25, 0.3) is 11.9 Å². The largest absolute Gasteiger partial charge is 0.391 e. The fourth-order valence-electron chi connectivity index (χ4n) is 4.72. The fraction of sp³-hybridized carbons (Fsp3) is 0.400. The second-order valence-corrected chi connectivity index (χ2v) is 9.25. The minimum absolute atomic E-state index is 0.163. The standard InChI is InChI=1S/C25H30F2N8O/c1-17-18(3-2-5-32-7-9-33(10-8-32)21-12-19(26)11-20(27)13-21)15-29-35(17)24-14-23(30-25(28)31-24)34-6-4-22(36)16-34/h2-3,11-15,22,36H,4-10,16H2,1H3,(H2,28,30,31)/t22-/m0/s1. The summed E-state index contributed by atoms with van der Waals surface area (Å²) in [6, 6.07) is 5.49.